The fraction of sp³-hybridized carbons (Fsp3) is 0.0833. The first-order valence-electron chi connectivity index (χ1n) is 8.62. The molecule has 1 heterocycles. The average molecular weight is 411 g/mol. The van der Waals surface area contributed by atoms with Gasteiger partial charge in [0.05, 0.1) is 0 Å². The summed E-state index contributed by atoms with van der Waals surface area (Å²) in [6.07, 6.45) is 0. The van der Waals surface area contributed by atoms with Crippen molar-refractivity contribution in [2.24, 2.45) is 0 Å². The topological polar surface area (TPSA) is 25.8 Å². The number of hydrogen-bond donors (Lipinski definition) is 0. The third kappa shape index (κ3) is 4.02. The van der Waals surface area contributed by atoms with Gasteiger partial charge in [0.25, 0.3) is 0 Å². The second-order valence-electron chi connectivity index (χ2n) is 6.35. The molecule has 4 aromatic rings. The van der Waals surface area contributed by atoms with E-state index < -0.39 is 0 Å². The number of rotatable bonds is 0. The molecule has 0 amide bonds. The summed E-state index contributed by atoms with van der Waals surface area (Å²) >= 11 is -0.121. The normalized spacial score (nSPS) is 10.0. The van der Waals surface area contributed by atoms with Crippen molar-refractivity contribution in [3.63, 3.8) is 0 Å². The van der Waals surface area contributed by atoms with Gasteiger partial charge in [0.15, 0.2) is 0 Å². The van der Waals surface area contributed by atoms with E-state index in [-0.39, 0.29) is 15.0 Å². The Balaban J connectivity index is 1.69. The zero-order valence-corrected chi connectivity index (χ0v) is 16.8. The van der Waals surface area contributed by atoms with E-state index in [4.69, 9.17) is 0 Å². The molecule has 0 aliphatic rings. The van der Waals surface area contributed by atoms with E-state index in [0.717, 1.165) is 33.3 Å². The summed E-state index contributed by atoms with van der Waals surface area (Å²) in [5.74, 6) is 12.9. The van der Waals surface area contributed by atoms with Crippen LogP contribution in [0, 0.1) is 37.5 Å². The van der Waals surface area contributed by atoms with Crippen LogP contribution in [-0.2, 0) is 0 Å². The summed E-state index contributed by atoms with van der Waals surface area (Å²) in [6.45, 7) is 4.14. The molecule has 0 fully saturated rings. The second-order valence-corrected chi connectivity index (χ2v) is 7.46. The molecule has 1 aromatic heterocycles. The van der Waals surface area contributed by atoms with Gasteiger partial charge in [-0.15, -0.1) is 0 Å². The van der Waals surface area contributed by atoms with E-state index in [0.29, 0.717) is 0 Å². The van der Waals surface area contributed by atoms with Crippen molar-refractivity contribution in [2.45, 2.75) is 13.8 Å². The van der Waals surface area contributed by atoms with Crippen LogP contribution in [0.2, 0.25) is 0 Å². The van der Waals surface area contributed by atoms with Gasteiger partial charge in [0.1, 0.15) is 0 Å². The molecule has 128 valence electrons. The maximum absolute atomic E-state index is 4.58. The van der Waals surface area contributed by atoms with Crippen molar-refractivity contribution >= 4 is 26.0 Å². The Bertz CT molecular complexity index is 1130. The van der Waals surface area contributed by atoms with Crippen molar-refractivity contribution in [1.82, 2.24) is 7.96 Å². The second kappa shape index (κ2) is 7.65. The van der Waals surface area contributed by atoms with Gasteiger partial charge in [0, 0.05) is 0 Å². The summed E-state index contributed by atoms with van der Waals surface area (Å²) in [7, 11) is 0. The fourth-order valence-corrected chi connectivity index (χ4v) is 3.82. The summed E-state index contributed by atoms with van der Waals surface area (Å²) < 4.78 is 9.16. The van der Waals surface area contributed by atoms with Crippen molar-refractivity contribution < 1.29 is 0 Å². The molecule has 0 aliphatic carbocycles. The van der Waals surface area contributed by atoms with E-state index in [1.54, 1.807) is 0 Å². The number of aromatic nitrogens is 2. The minimum absolute atomic E-state index is 0.121. The maximum atomic E-state index is 4.58. The molecule has 3 aromatic carbocycles. The molecule has 27 heavy (non-hydrogen) atoms. The number of fused-ring (bicyclic) bond motifs is 1. The van der Waals surface area contributed by atoms with E-state index in [9.17, 15) is 0 Å². The van der Waals surface area contributed by atoms with Gasteiger partial charge in [-0.2, -0.15) is 0 Å². The monoisotopic (exact) mass is 412 g/mol. The van der Waals surface area contributed by atoms with Crippen molar-refractivity contribution in [3.8, 4) is 23.7 Å². The van der Waals surface area contributed by atoms with Gasteiger partial charge in [-0.1, -0.05) is 0 Å². The third-order valence-electron chi connectivity index (χ3n) is 4.20. The molecule has 0 spiro atoms. The predicted octanol–water partition coefficient (Wildman–Crippen LogP) is 4.10. The zero-order valence-electron chi connectivity index (χ0n) is 15.1. The van der Waals surface area contributed by atoms with E-state index in [2.05, 4.69) is 69.8 Å². The summed E-state index contributed by atoms with van der Waals surface area (Å²) in [5, 5.41) is 0. The third-order valence-corrected chi connectivity index (χ3v) is 5.31. The van der Waals surface area contributed by atoms with Crippen LogP contribution in [0.25, 0.3) is 11.0 Å². The molecule has 0 N–H and O–H groups in total. The zero-order chi connectivity index (χ0) is 18.6. The molecular weight excluding hydrogens is 395 g/mol. The minimum atomic E-state index is -0.121. The molecule has 0 saturated heterocycles. The standard InChI is InChI=1S/C24H16N2Se/c1-17-3-7-19(8-4-17)11-13-21-15-16-22(24-23(21)25-27-26-24)14-12-20-9-5-18(2)6-10-20/h3-10,15-16H,1-2H3. The van der Waals surface area contributed by atoms with Gasteiger partial charge >= 0.3 is 166 Å². The van der Waals surface area contributed by atoms with Crippen molar-refractivity contribution in [1.29, 1.82) is 0 Å². The first-order chi connectivity index (χ1) is 13.2. The first-order valence-corrected chi connectivity index (χ1v) is 10.1. The van der Waals surface area contributed by atoms with Gasteiger partial charge in [0.2, 0.25) is 0 Å². The number of hydrogen-bond acceptors (Lipinski definition) is 2. The Morgan fingerprint density at radius 1 is 0.556 bits per heavy atom. The average Bonchev–Trinajstić information content (AvgIpc) is 3.18. The predicted molar refractivity (Wildman–Crippen MR) is 111 cm³/mol. The van der Waals surface area contributed by atoms with Crippen molar-refractivity contribution in [3.05, 3.63) is 94.0 Å². The molecule has 4 rings (SSSR count). The summed E-state index contributed by atoms with van der Waals surface area (Å²) in [6, 6.07) is 20.4. The fourth-order valence-electron chi connectivity index (χ4n) is 2.62. The van der Waals surface area contributed by atoms with Gasteiger partial charge < -0.3 is 0 Å². The van der Waals surface area contributed by atoms with Crippen LogP contribution in [0.1, 0.15) is 33.4 Å². The molecule has 0 unspecified atom stereocenters. The van der Waals surface area contributed by atoms with E-state index in [1.807, 2.05) is 36.4 Å². The molecular formula is C24H16N2Se. The molecule has 2 nitrogen and oxygen atoms in total. The van der Waals surface area contributed by atoms with Crippen LogP contribution >= 0.6 is 0 Å². The Morgan fingerprint density at radius 3 is 1.37 bits per heavy atom. The van der Waals surface area contributed by atoms with Crippen molar-refractivity contribution in [2.75, 3.05) is 0 Å². The Hall–Kier alpha value is -3.10. The summed E-state index contributed by atoms with van der Waals surface area (Å²) in [4.78, 5) is 0. The van der Waals surface area contributed by atoms with Gasteiger partial charge in [-0.3, -0.25) is 0 Å². The Labute approximate surface area is 165 Å². The molecule has 0 radical (unpaired) electrons. The number of benzene rings is 3. The van der Waals surface area contributed by atoms with E-state index in [1.165, 1.54) is 11.1 Å². The summed E-state index contributed by atoms with van der Waals surface area (Å²) in [5.41, 5.74) is 8.04. The van der Waals surface area contributed by atoms with Crippen LogP contribution in [0.15, 0.2) is 60.7 Å². The molecule has 0 saturated carbocycles. The number of nitrogens with zero attached hydrogens (tertiary/aromatic N) is 2. The van der Waals surface area contributed by atoms with Crippen LogP contribution in [-0.4, -0.2) is 22.9 Å². The van der Waals surface area contributed by atoms with Gasteiger partial charge in [-0.25, -0.2) is 0 Å². The van der Waals surface area contributed by atoms with Gasteiger partial charge in [-0.05, 0) is 0 Å². The SMILES string of the molecule is Cc1ccc(C#Cc2ccc(C#Cc3ccc(C)cc3)c3n[se]nc23)cc1. The molecule has 0 atom stereocenters. The Kier molecular flexibility index (Phi) is 4.90. The molecule has 0 bridgehead atoms. The van der Waals surface area contributed by atoms with Crippen LogP contribution in [0.4, 0.5) is 0 Å². The van der Waals surface area contributed by atoms with Crippen LogP contribution < -0.4 is 0 Å². The number of aryl methyl sites for hydroxylation is 2. The first kappa shape index (κ1) is 17.3. The molecule has 0 aliphatic heterocycles. The van der Waals surface area contributed by atoms with Crippen LogP contribution in [0.5, 0.6) is 0 Å². The van der Waals surface area contributed by atoms with E-state index >= 15 is 0 Å². The Morgan fingerprint density at radius 2 is 0.963 bits per heavy atom. The molecule has 3 heteroatoms. The van der Waals surface area contributed by atoms with Crippen LogP contribution in [0.3, 0.4) is 0 Å². The quantitative estimate of drug-likeness (QED) is 0.322.